The van der Waals surface area contributed by atoms with Crippen LogP contribution in [0.3, 0.4) is 0 Å². The van der Waals surface area contributed by atoms with Crippen LogP contribution in [0.2, 0.25) is 0 Å². The van der Waals surface area contributed by atoms with E-state index in [1.54, 1.807) is 6.20 Å². The highest BCUT2D eigenvalue weighted by Gasteiger charge is 1.96. The number of aromatic nitrogens is 2. The normalized spacial score (nSPS) is 12.5. The van der Waals surface area contributed by atoms with Crippen LogP contribution in [0.25, 0.3) is 0 Å². The van der Waals surface area contributed by atoms with Crippen molar-refractivity contribution in [1.29, 1.82) is 0 Å². The van der Waals surface area contributed by atoms with Gasteiger partial charge in [0.2, 0.25) is 0 Å². The van der Waals surface area contributed by atoms with E-state index >= 15 is 0 Å². The molecule has 0 aliphatic carbocycles. The van der Waals surface area contributed by atoms with Gasteiger partial charge in [-0.15, -0.1) is 0 Å². The lowest BCUT2D eigenvalue weighted by Gasteiger charge is -2.07. The summed E-state index contributed by atoms with van der Waals surface area (Å²) in [7, 11) is 0. The van der Waals surface area contributed by atoms with Crippen LogP contribution in [0, 0.1) is 6.92 Å². The molecule has 0 bridgehead atoms. The molecule has 1 aromatic rings. The number of rotatable bonds is 5. The maximum atomic E-state index is 5.64. The zero-order chi connectivity index (χ0) is 10.4. The van der Waals surface area contributed by atoms with E-state index in [4.69, 9.17) is 5.73 Å². The highest BCUT2D eigenvalue weighted by Crippen LogP contribution is 2.02. The van der Waals surface area contributed by atoms with Gasteiger partial charge in [-0.3, -0.25) is 0 Å². The van der Waals surface area contributed by atoms with Crippen molar-refractivity contribution >= 4 is 5.82 Å². The molecular weight excluding hydrogens is 176 g/mol. The zero-order valence-corrected chi connectivity index (χ0v) is 8.83. The van der Waals surface area contributed by atoms with Crippen LogP contribution < -0.4 is 11.1 Å². The molecule has 1 aromatic heterocycles. The molecule has 0 spiro atoms. The number of nitrogens with one attached hydrogen (secondary N) is 1. The maximum Gasteiger partial charge on any atom is 0.129 e. The summed E-state index contributed by atoms with van der Waals surface area (Å²) in [6.07, 6.45) is 3.87. The van der Waals surface area contributed by atoms with Gasteiger partial charge in [-0.25, -0.2) is 9.97 Å². The first-order valence-electron chi connectivity index (χ1n) is 4.97. The summed E-state index contributed by atoms with van der Waals surface area (Å²) in [6.45, 7) is 4.82. The van der Waals surface area contributed by atoms with E-state index in [2.05, 4.69) is 15.3 Å². The van der Waals surface area contributed by atoms with Gasteiger partial charge in [0, 0.05) is 18.8 Å². The SMILES string of the molecule is Cc1nccc(NCCCC(C)N)n1. The molecule has 0 fully saturated rings. The van der Waals surface area contributed by atoms with E-state index in [1.165, 1.54) is 0 Å². The Morgan fingerprint density at radius 1 is 1.57 bits per heavy atom. The molecule has 1 heterocycles. The van der Waals surface area contributed by atoms with Gasteiger partial charge in [0.05, 0.1) is 0 Å². The van der Waals surface area contributed by atoms with Crippen LogP contribution in [-0.4, -0.2) is 22.6 Å². The third kappa shape index (κ3) is 4.18. The minimum Gasteiger partial charge on any atom is -0.370 e. The largest absolute Gasteiger partial charge is 0.370 e. The van der Waals surface area contributed by atoms with E-state index in [0.29, 0.717) is 0 Å². The molecular formula is C10H18N4. The lowest BCUT2D eigenvalue weighted by Crippen LogP contribution is -2.16. The second-order valence-electron chi connectivity index (χ2n) is 3.54. The van der Waals surface area contributed by atoms with Crippen LogP contribution in [0.4, 0.5) is 5.82 Å². The van der Waals surface area contributed by atoms with Gasteiger partial charge in [-0.05, 0) is 32.8 Å². The molecule has 78 valence electrons. The van der Waals surface area contributed by atoms with Crippen LogP contribution in [0.15, 0.2) is 12.3 Å². The van der Waals surface area contributed by atoms with Crippen molar-refractivity contribution in [1.82, 2.24) is 9.97 Å². The third-order valence-corrected chi connectivity index (χ3v) is 1.92. The van der Waals surface area contributed by atoms with Gasteiger partial charge in [0.15, 0.2) is 0 Å². The molecule has 3 N–H and O–H groups in total. The standard InChI is InChI=1S/C10H18N4/c1-8(11)4-3-6-13-10-5-7-12-9(2)14-10/h5,7-8H,3-4,6,11H2,1-2H3,(H,12,13,14). The Morgan fingerprint density at radius 3 is 3.00 bits per heavy atom. The molecule has 0 aliphatic heterocycles. The first-order chi connectivity index (χ1) is 6.68. The molecule has 0 amide bonds. The first-order valence-corrected chi connectivity index (χ1v) is 4.97. The summed E-state index contributed by atoms with van der Waals surface area (Å²) in [4.78, 5) is 8.26. The second kappa shape index (κ2) is 5.54. The van der Waals surface area contributed by atoms with Crippen molar-refractivity contribution in [2.45, 2.75) is 32.7 Å². The number of hydrogen-bond acceptors (Lipinski definition) is 4. The lowest BCUT2D eigenvalue weighted by atomic mass is 10.2. The van der Waals surface area contributed by atoms with Gasteiger partial charge in [-0.1, -0.05) is 0 Å². The Morgan fingerprint density at radius 2 is 2.36 bits per heavy atom. The Balaban J connectivity index is 2.25. The van der Waals surface area contributed by atoms with Crippen LogP contribution in [0.1, 0.15) is 25.6 Å². The van der Waals surface area contributed by atoms with Crippen molar-refractivity contribution in [3.8, 4) is 0 Å². The van der Waals surface area contributed by atoms with Gasteiger partial charge < -0.3 is 11.1 Å². The molecule has 0 saturated carbocycles. The molecule has 0 saturated heterocycles. The van der Waals surface area contributed by atoms with Gasteiger partial charge in [-0.2, -0.15) is 0 Å². The molecule has 0 radical (unpaired) electrons. The predicted octanol–water partition coefficient (Wildman–Crippen LogP) is 1.32. The summed E-state index contributed by atoms with van der Waals surface area (Å²) in [5.41, 5.74) is 5.64. The first kappa shape index (κ1) is 10.9. The maximum absolute atomic E-state index is 5.64. The second-order valence-corrected chi connectivity index (χ2v) is 3.54. The summed E-state index contributed by atoms with van der Waals surface area (Å²) >= 11 is 0. The summed E-state index contributed by atoms with van der Waals surface area (Å²) in [5.74, 6) is 1.68. The Hall–Kier alpha value is -1.16. The molecule has 1 unspecified atom stereocenters. The summed E-state index contributed by atoms with van der Waals surface area (Å²) in [5, 5.41) is 3.23. The topological polar surface area (TPSA) is 63.8 Å². The Kier molecular flexibility index (Phi) is 4.32. The van der Waals surface area contributed by atoms with Crippen LogP contribution in [-0.2, 0) is 0 Å². The monoisotopic (exact) mass is 194 g/mol. The highest BCUT2D eigenvalue weighted by atomic mass is 15.0. The van der Waals surface area contributed by atoms with E-state index in [-0.39, 0.29) is 6.04 Å². The van der Waals surface area contributed by atoms with Crippen molar-refractivity contribution < 1.29 is 0 Å². The van der Waals surface area contributed by atoms with E-state index in [0.717, 1.165) is 31.0 Å². The third-order valence-electron chi connectivity index (χ3n) is 1.92. The highest BCUT2D eigenvalue weighted by molar-refractivity contribution is 5.32. The van der Waals surface area contributed by atoms with Gasteiger partial charge in [0.25, 0.3) is 0 Å². The van der Waals surface area contributed by atoms with Crippen molar-refractivity contribution in [3.05, 3.63) is 18.1 Å². The minimum atomic E-state index is 0.281. The summed E-state index contributed by atoms with van der Waals surface area (Å²) in [6, 6.07) is 2.16. The fraction of sp³-hybridized carbons (Fsp3) is 0.600. The molecule has 14 heavy (non-hydrogen) atoms. The lowest BCUT2D eigenvalue weighted by molar-refractivity contribution is 0.638. The van der Waals surface area contributed by atoms with Crippen LogP contribution in [0.5, 0.6) is 0 Å². The van der Waals surface area contributed by atoms with Crippen molar-refractivity contribution in [2.75, 3.05) is 11.9 Å². The number of aryl methyl sites for hydroxylation is 1. The van der Waals surface area contributed by atoms with E-state index < -0.39 is 0 Å². The predicted molar refractivity (Wildman–Crippen MR) is 58.1 cm³/mol. The Labute approximate surface area is 85.0 Å². The van der Waals surface area contributed by atoms with Crippen molar-refractivity contribution in [3.63, 3.8) is 0 Å². The molecule has 4 nitrogen and oxygen atoms in total. The number of anilines is 1. The fourth-order valence-corrected chi connectivity index (χ4v) is 1.20. The minimum absolute atomic E-state index is 0.281. The molecule has 1 atom stereocenters. The Bertz CT molecular complexity index is 273. The van der Waals surface area contributed by atoms with E-state index in [1.807, 2.05) is 19.9 Å². The fourth-order valence-electron chi connectivity index (χ4n) is 1.20. The number of hydrogen-bond donors (Lipinski definition) is 2. The quantitative estimate of drug-likeness (QED) is 0.694. The van der Waals surface area contributed by atoms with Gasteiger partial charge >= 0.3 is 0 Å². The molecule has 0 aromatic carbocycles. The smallest absolute Gasteiger partial charge is 0.129 e. The molecule has 1 rings (SSSR count). The van der Waals surface area contributed by atoms with Crippen molar-refractivity contribution in [2.24, 2.45) is 5.73 Å². The van der Waals surface area contributed by atoms with Gasteiger partial charge in [0.1, 0.15) is 11.6 Å². The molecule has 0 aliphatic rings. The molecule has 4 heteroatoms. The zero-order valence-electron chi connectivity index (χ0n) is 8.83. The average Bonchev–Trinajstić information content (AvgIpc) is 2.12. The number of nitrogens with zero attached hydrogens (tertiary/aromatic N) is 2. The number of nitrogens with two attached hydrogens (primary N) is 1. The average molecular weight is 194 g/mol. The van der Waals surface area contributed by atoms with E-state index in [9.17, 15) is 0 Å². The summed E-state index contributed by atoms with van der Waals surface area (Å²) < 4.78 is 0. The van der Waals surface area contributed by atoms with Crippen LogP contribution >= 0.6 is 0 Å².